The third-order valence-electron chi connectivity index (χ3n) is 6.73. The normalized spacial score (nSPS) is 11.0. The van der Waals surface area contributed by atoms with E-state index in [9.17, 15) is 19.7 Å². The third kappa shape index (κ3) is 6.62. The summed E-state index contributed by atoms with van der Waals surface area (Å²) in [5, 5.41) is 12.1. The second kappa shape index (κ2) is 12.3. The summed E-state index contributed by atoms with van der Waals surface area (Å²) in [4.78, 5) is 44.0. The number of H-pyrrole nitrogens is 1. The molecule has 0 fully saturated rings. The zero-order valence-electron chi connectivity index (χ0n) is 22.3. The number of hydrogen-bond acceptors (Lipinski definition) is 5. The van der Waals surface area contributed by atoms with Crippen molar-refractivity contribution in [2.45, 2.75) is 32.9 Å². The Morgan fingerprint density at radius 3 is 2.33 bits per heavy atom. The minimum Gasteiger partial charge on any atom is -0.497 e. The van der Waals surface area contributed by atoms with Crippen LogP contribution in [0.15, 0.2) is 79.0 Å². The molecule has 9 heteroatoms. The molecule has 0 atom stereocenters. The molecule has 0 spiro atoms. The van der Waals surface area contributed by atoms with Gasteiger partial charge in [-0.05, 0) is 61.7 Å². The Labute approximate surface area is 227 Å². The summed E-state index contributed by atoms with van der Waals surface area (Å²) in [6.07, 6.45) is 2.61. The number of aromatic amines is 1. The fraction of sp³-hybridized carbons (Fsp3) is 0.267. The summed E-state index contributed by atoms with van der Waals surface area (Å²) in [6.45, 7) is 4.41. The van der Waals surface area contributed by atoms with Crippen LogP contribution in [0.5, 0.6) is 5.75 Å². The molecule has 0 aliphatic heterocycles. The number of carbonyl (C=O) groups excluding carboxylic acids is 2. The van der Waals surface area contributed by atoms with Gasteiger partial charge in [-0.2, -0.15) is 0 Å². The molecule has 0 saturated heterocycles. The summed E-state index contributed by atoms with van der Waals surface area (Å²) >= 11 is 0. The molecule has 0 bridgehead atoms. The maximum atomic E-state index is 13.7. The van der Waals surface area contributed by atoms with Gasteiger partial charge in [0.1, 0.15) is 12.3 Å². The number of nitrogens with zero attached hydrogens (tertiary/aromatic N) is 3. The topological polar surface area (TPSA) is 109 Å². The molecule has 0 unspecified atom stereocenters. The van der Waals surface area contributed by atoms with Crippen molar-refractivity contribution in [1.29, 1.82) is 0 Å². The van der Waals surface area contributed by atoms with Crippen LogP contribution in [0.2, 0.25) is 0 Å². The van der Waals surface area contributed by atoms with Crippen molar-refractivity contribution in [2.24, 2.45) is 0 Å². The predicted octanol–water partition coefficient (Wildman–Crippen LogP) is 5.21. The number of nitro benzene ring substituents is 1. The lowest BCUT2D eigenvalue weighted by Gasteiger charge is -2.30. The fourth-order valence-corrected chi connectivity index (χ4v) is 4.46. The number of benzene rings is 3. The van der Waals surface area contributed by atoms with Crippen LogP contribution >= 0.6 is 0 Å². The average Bonchev–Trinajstić information content (AvgIpc) is 3.36. The molecule has 1 N–H and O–H groups in total. The Hall–Kier alpha value is -4.66. The van der Waals surface area contributed by atoms with Crippen LogP contribution in [0, 0.1) is 10.1 Å². The average molecular weight is 529 g/mol. The number of nitro groups is 1. The molecule has 0 saturated carbocycles. The summed E-state index contributed by atoms with van der Waals surface area (Å²) in [6, 6.07) is 20.8. The van der Waals surface area contributed by atoms with Gasteiger partial charge in [-0.3, -0.25) is 19.7 Å². The number of para-hydroxylation sites is 1. The van der Waals surface area contributed by atoms with E-state index in [1.165, 1.54) is 29.2 Å². The van der Waals surface area contributed by atoms with Gasteiger partial charge in [0, 0.05) is 53.9 Å². The summed E-state index contributed by atoms with van der Waals surface area (Å²) in [5.74, 6) is 0.194. The van der Waals surface area contributed by atoms with Crippen LogP contribution in [0.4, 0.5) is 5.69 Å². The molecular weight excluding hydrogens is 496 g/mol. The van der Waals surface area contributed by atoms with Gasteiger partial charge in [-0.25, -0.2) is 0 Å². The molecule has 202 valence electrons. The first-order valence-electron chi connectivity index (χ1n) is 12.8. The number of amides is 2. The lowest BCUT2D eigenvalue weighted by atomic mass is 10.1. The fourth-order valence-electron chi connectivity index (χ4n) is 4.46. The maximum Gasteiger partial charge on any atom is 0.269 e. The lowest BCUT2D eigenvalue weighted by Crippen LogP contribution is -2.46. The molecule has 0 aliphatic carbocycles. The molecule has 0 radical (unpaired) electrons. The number of methoxy groups -OCH3 is 1. The van der Waals surface area contributed by atoms with Gasteiger partial charge in [0.25, 0.3) is 11.6 Å². The van der Waals surface area contributed by atoms with Crippen LogP contribution in [0.3, 0.4) is 0 Å². The standard InChI is InChI=1S/C30H32N4O5/c1-21(2)33(30(36)23-10-12-25(13-11-23)34(37)38)20-29(35)32(19-22-8-14-26(39-3)15-9-22)17-16-24-18-31-28-7-5-4-6-27(24)28/h4-15,18,21,31H,16-17,19-20H2,1-3H3. The van der Waals surface area contributed by atoms with Gasteiger partial charge in [0.05, 0.1) is 12.0 Å². The highest BCUT2D eigenvalue weighted by atomic mass is 16.6. The molecule has 4 aromatic rings. The first-order valence-corrected chi connectivity index (χ1v) is 12.8. The smallest absolute Gasteiger partial charge is 0.269 e. The second-order valence-corrected chi connectivity index (χ2v) is 9.60. The zero-order chi connectivity index (χ0) is 27.9. The monoisotopic (exact) mass is 528 g/mol. The highest BCUT2D eigenvalue weighted by molar-refractivity contribution is 5.97. The van der Waals surface area contributed by atoms with E-state index in [0.29, 0.717) is 25.1 Å². The zero-order valence-corrected chi connectivity index (χ0v) is 22.3. The summed E-state index contributed by atoms with van der Waals surface area (Å²) in [7, 11) is 1.61. The van der Waals surface area contributed by atoms with Crippen molar-refractivity contribution in [3.05, 3.63) is 106 Å². The Kier molecular flexibility index (Phi) is 8.60. The van der Waals surface area contributed by atoms with E-state index in [-0.39, 0.29) is 30.1 Å². The van der Waals surface area contributed by atoms with Crippen LogP contribution < -0.4 is 4.74 Å². The molecule has 2 amide bonds. The van der Waals surface area contributed by atoms with E-state index in [1.807, 2.05) is 62.5 Å². The van der Waals surface area contributed by atoms with Crippen LogP contribution in [0.25, 0.3) is 10.9 Å². The third-order valence-corrected chi connectivity index (χ3v) is 6.73. The number of carbonyl (C=O) groups is 2. The van der Waals surface area contributed by atoms with Crippen molar-refractivity contribution < 1.29 is 19.2 Å². The van der Waals surface area contributed by atoms with Crippen molar-refractivity contribution in [3.8, 4) is 5.75 Å². The van der Waals surface area contributed by atoms with E-state index in [2.05, 4.69) is 11.1 Å². The van der Waals surface area contributed by atoms with Crippen LogP contribution in [-0.2, 0) is 17.8 Å². The number of fused-ring (bicyclic) bond motifs is 1. The van der Waals surface area contributed by atoms with Crippen LogP contribution in [0.1, 0.15) is 35.3 Å². The summed E-state index contributed by atoms with van der Waals surface area (Å²) in [5.41, 5.74) is 3.30. The Bertz CT molecular complexity index is 1440. The van der Waals surface area contributed by atoms with Crippen molar-refractivity contribution in [3.63, 3.8) is 0 Å². The second-order valence-electron chi connectivity index (χ2n) is 9.60. The van der Waals surface area contributed by atoms with Crippen molar-refractivity contribution in [1.82, 2.24) is 14.8 Å². The SMILES string of the molecule is COc1ccc(CN(CCc2c[nH]c3ccccc23)C(=O)CN(C(=O)c2ccc([N+](=O)[O-])cc2)C(C)C)cc1. The lowest BCUT2D eigenvalue weighted by molar-refractivity contribution is -0.384. The molecular formula is C30H32N4O5. The predicted molar refractivity (Wildman–Crippen MR) is 150 cm³/mol. The van der Waals surface area contributed by atoms with Crippen molar-refractivity contribution in [2.75, 3.05) is 20.2 Å². The summed E-state index contributed by atoms with van der Waals surface area (Å²) < 4.78 is 5.26. The highest BCUT2D eigenvalue weighted by Gasteiger charge is 2.25. The van der Waals surface area contributed by atoms with E-state index in [4.69, 9.17) is 4.74 Å². The number of hydrogen-bond donors (Lipinski definition) is 1. The first-order chi connectivity index (χ1) is 18.8. The van der Waals surface area contributed by atoms with Gasteiger partial charge >= 0.3 is 0 Å². The molecule has 1 aromatic heterocycles. The highest BCUT2D eigenvalue weighted by Crippen LogP contribution is 2.20. The van der Waals surface area contributed by atoms with Gasteiger partial charge < -0.3 is 19.5 Å². The number of ether oxygens (including phenoxy) is 1. The Morgan fingerprint density at radius 1 is 1.00 bits per heavy atom. The molecule has 0 aliphatic rings. The minimum atomic E-state index is -0.511. The number of rotatable bonds is 11. The minimum absolute atomic E-state index is 0.0957. The van der Waals surface area contributed by atoms with Gasteiger partial charge in [0.15, 0.2) is 0 Å². The largest absolute Gasteiger partial charge is 0.497 e. The number of nitrogens with one attached hydrogen (secondary N) is 1. The number of aromatic nitrogens is 1. The van der Waals surface area contributed by atoms with E-state index < -0.39 is 4.92 Å². The maximum absolute atomic E-state index is 13.7. The quantitative estimate of drug-likeness (QED) is 0.212. The van der Waals surface area contributed by atoms with E-state index in [0.717, 1.165) is 27.8 Å². The Balaban J connectivity index is 1.54. The van der Waals surface area contributed by atoms with Crippen molar-refractivity contribution >= 4 is 28.4 Å². The van der Waals surface area contributed by atoms with Gasteiger partial charge in [-0.1, -0.05) is 30.3 Å². The van der Waals surface area contributed by atoms with E-state index in [1.54, 1.807) is 12.0 Å². The molecule has 1 heterocycles. The van der Waals surface area contributed by atoms with E-state index >= 15 is 0 Å². The van der Waals surface area contributed by atoms with Gasteiger partial charge in [0.2, 0.25) is 5.91 Å². The number of non-ortho nitro benzene ring substituents is 1. The molecule has 39 heavy (non-hydrogen) atoms. The molecule has 4 rings (SSSR count). The van der Waals surface area contributed by atoms with Gasteiger partial charge in [-0.15, -0.1) is 0 Å². The first kappa shape index (κ1) is 27.4. The van der Waals surface area contributed by atoms with Crippen LogP contribution in [-0.4, -0.2) is 57.8 Å². The molecule has 3 aromatic carbocycles. The Morgan fingerprint density at radius 2 is 1.69 bits per heavy atom. The molecule has 9 nitrogen and oxygen atoms in total.